The maximum absolute atomic E-state index is 4.12. The molecule has 1 N–H and O–H groups in total. The summed E-state index contributed by atoms with van der Waals surface area (Å²) in [6, 6.07) is 0.252. The Hall–Kier alpha value is -0.940. The van der Waals surface area contributed by atoms with Crippen LogP contribution < -0.4 is 5.32 Å². The lowest BCUT2D eigenvalue weighted by Crippen LogP contribution is -2.56. The molecule has 0 aliphatic heterocycles. The highest BCUT2D eigenvalue weighted by molar-refractivity contribution is 5.13. The third-order valence-electron chi connectivity index (χ3n) is 4.61. The van der Waals surface area contributed by atoms with Crippen molar-refractivity contribution in [3.8, 4) is 0 Å². The highest BCUT2D eigenvalue weighted by atomic mass is 15.4. The molecule has 5 nitrogen and oxygen atoms in total. The van der Waals surface area contributed by atoms with Crippen molar-refractivity contribution in [2.45, 2.75) is 59.0 Å². The van der Waals surface area contributed by atoms with Crippen LogP contribution in [0.4, 0.5) is 0 Å². The van der Waals surface area contributed by atoms with Crippen molar-refractivity contribution in [2.24, 2.45) is 7.05 Å². The number of rotatable bonds is 9. The molecule has 0 aliphatic carbocycles. The fourth-order valence-electron chi connectivity index (χ4n) is 3.47. The minimum Gasteiger partial charge on any atom is -0.307 e. The van der Waals surface area contributed by atoms with Crippen LogP contribution >= 0.6 is 0 Å². The van der Waals surface area contributed by atoms with E-state index in [1.807, 2.05) is 17.9 Å². The van der Waals surface area contributed by atoms with Crippen LogP contribution in [0.25, 0.3) is 0 Å². The zero-order chi connectivity index (χ0) is 15.2. The predicted molar refractivity (Wildman–Crippen MR) is 83.7 cm³/mol. The first-order chi connectivity index (χ1) is 9.61. The molecule has 0 saturated carbocycles. The molecule has 116 valence electrons. The second-order valence-electron chi connectivity index (χ2n) is 5.26. The molecule has 1 rings (SSSR count). The molecule has 0 radical (unpaired) electrons. The Morgan fingerprint density at radius 1 is 1.20 bits per heavy atom. The molecule has 5 heteroatoms. The number of aryl methyl sites for hydroxylation is 1. The Morgan fingerprint density at radius 2 is 1.80 bits per heavy atom. The lowest BCUT2D eigenvalue weighted by atomic mass is 9.80. The van der Waals surface area contributed by atoms with Gasteiger partial charge in [-0.05, 0) is 32.5 Å². The van der Waals surface area contributed by atoms with Crippen molar-refractivity contribution in [1.82, 2.24) is 25.2 Å². The van der Waals surface area contributed by atoms with Gasteiger partial charge >= 0.3 is 0 Å². The van der Waals surface area contributed by atoms with Gasteiger partial charge in [-0.3, -0.25) is 9.58 Å². The first-order valence-electron chi connectivity index (χ1n) is 7.94. The lowest BCUT2D eigenvalue weighted by Gasteiger charge is -2.48. The molecule has 1 atom stereocenters. The zero-order valence-electron chi connectivity index (χ0n) is 14.0. The van der Waals surface area contributed by atoms with Gasteiger partial charge in [-0.15, -0.1) is 5.10 Å². The molecule has 1 aromatic heterocycles. The summed E-state index contributed by atoms with van der Waals surface area (Å²) in [5, 5.41) is 11.9. The maximum atomic E-state index is 4.12. The normalized spacial score (nSPS) is 13.9. The standard InChI is InChI=1S/C15H31N5/c1-7-15(8-2,20(10-4)11-5)14(16-9-3)13-12-17-18-19(13)6/h12,14,16H,7-11H2,1-6H3. The summed E-state index contributed by atoms with van der Waals surface area (Å²) in [6.45, 7) is 14.3. The monoisotopic (exact) mass is 281 g/mol. The summed E-state index contributed by atoms with van der Waals surface area (Å²) in [6.07, 6.45) is 4.11. The van der Waals surface area contributed by atoms with Gasteiger partial charge in [0, 0.05) is 12.6 Å². The second kappa shape index (κ2) is 7.74. The van der Waals surface area contributed by atoms with Crippen molar-refractivity contribution in [2.75, 3.05) is 19.6 Å². The van der Waals surface area contributed by atoms with Crippen LogP contribution in [0.2, 0.25) is 0 Å². The van der Waals surface area contributed by atoms with Gasteiger partial charge in [0.05, 0.1) is 17.9 Å². The van der Waals surface area contributed by atoms with Crippen LogP contribution in [0.5, 0.6) is 0 Å². The number of aromatic nitrogens is 3. The van der Waals surface area contributed by atoms with E-state index in [4.69, 9.17) is 0 Å². The number of nitrogens with one attached hydrogen (secondary N) is 1. The Labute approximate surface area is 123 Å². The molecule has 1 aromatic rings. The molecule has 1 heterocycles. The average molecular weight is 281 g/mol. The Balaban J connectivity index is 3.28. The molecule has 0 fully saturated rings. The van der Waals surface area contributed by atoms with Crippen molar-refractivity contribution >= 4 is 0 Å². The van der Waals surface area contributed by atoms with Crippen molar-refractivity contribution in [3.63, 3.8) is 0 Å². The van der Waals surface area contributed by atoms with Gasteiger partial charge in [-0.1, -0.05) is 39.8 Å². The van der Waals surface area contributed by atoms with Crippen LogP contribution in [0.15, 0.2) is 6.20 Å². The highest BCUT2D eigenvalue weighted by Crippen LogP contribution is 2.36. The fourth-order valence-corrected chi connectivity index (χ4v) is 3.47. The molecule has 0 aromatic carbocycles. The molecular weight excluding hydrogens is 250 g/mol. The fraction of sp³-hybridized carbons (Fsp3) is 0.867. The number of hydrogen-bond acceptors (Lipinski definition) is 4. The van der Waals surface area contributed by atoms with E-state index in [9.17, 15) is 0 Å². The van der Waals surface area contributed by atoms with E-state index in [2.05, 4.69) is 55.1 Å². The third-order valence-corrected chi connectivity index (χ3v) is 4.61. The van der Waals surface area contributed by atoms with E-state index in [0.29, 0.717) is 0 Å². The highest BCUT2D eigenvalue weighted by Gasteiger charge is 2.41. The third kappa shape index (κ3) is 3.04. The van der Waals surface area contributed by atoms with E-state index in [-0.39, 0.29) is 11.6 Å². The maximum Gasteiger partial charge on any atom is 0.0772 e. The van der Waals surface area contributed by atoms with Crippen LogP contribution in [-0.4, -0.2) is 45.1 Å². The molecular formula is C15H31N5. The summed E-state index contributed by atoms with van der Waals surface area (Å²) in [5.41, 5.74) is 1.28. The van der Waals surface area contributed by atoms with Gasteiger partial charge in [0.2, 0.25) is 0 Å². The molecule has 0 bridgehead atoms. The predicted octanol–water partition coefficient (Wildman–Crippen LogP) is 2.37. The molecule has 0 aliphatic rings. The van der Waals surface area contributed by atoms with Crippen LogP contribution in [0, 0.1) is 0 Å². The summed E-state index contributed by atoms with van der Waals surface area (Å²) in [5.74, 6) is 0. The topological polar surface area (TPSA) is 46.0 Å². The van der Waals surface area contributed by atoms with E-state index in [1.165, 1.54) is 5.69 Å². The van der Waals surface area contributed by atoms with Gasteiger partial charge < -0.3 is 5.32 Å². The van der Waals surface area contributed by atoms with Crippen LogP contribution in [-0.2, 0) is 7.05 Å². The smallest absolute Gasteiger partial charge is 0.0772 e. The Kier molecular flexibility index (Phi) is 6.62. The van der Waals surface area contributed by atoms with Gasteiger partial charge in [0.15, 0.2) is 0 Å². The Morgan fingerprint density at radius 3 is 2.15 bits per heavy atom. The molecule has 0 amide bonds. The minimum atomic E-state index is 0.106. The van der Waals surface area contributed by atoms with E-state index < -0.39 is 0 Å². The molecule has 1 unspecified atom stereocenters. The first kappa shape index (κ1) is 17.1. The van der Waals surface area contributed by atoms with Gasteiger partial charge in [-0.2, -0.15) is 0 Å². The van der Waals surface area contributed by atoms with Crippen LogP contribution in [0.3, 0.4) is 0 Å². The summed E-state index contributed by atoms with van der Waals surface area (Å²) in [4.78, 5) is 2.58. The quantitative estimate of drug-likeness (QED) is 0.755. The molecule has 20 heavy (non-hydrogen) atoms. The van der Waals surface area contributed by atoms with Crippen molar-refractivity contribution < 1.29 is 0 Å². The molecule has 0 spiro atoms. The Bertz CT molecular complexity index is 379. The van der Waals surface area contributed by atoms with Gasteiger partial charge in [0.1, 0.15) is 0 Å². The second-order valence-corrected chi connectivity index (χ2v) is 5.26. The van der Waals surface area contributed by atoms with E-state index >= 15 is 0 Å². The largest absolute Gasteiger partial charge is 0.307 e. The van der Waals surface area contributed by atoms with Crippen molar-refractivity contribution in [3.05, 3.63) is 11.9 Å². The summed E-state index contributed by atoms with van der Waals surface area (Å²) in [7, 11) is 1.98. The number of nitrogens with zero attached hydrogens (tertiary/aromatic N) is 4. The SMILES string of the molecule is CCNC(c1cnnn1C)C(CC)(CC)N(CC)CC. The average Bonchev–Trinajstić information content (AvgIpc) is 2.89. The summed E-state index contributed by atoms with van der Waals surface area (Å²) >= 11 is 0. The number of hydrogen-bond donors (Lipinski definition) is 1. The first-order valence-corrected chi connectivity index (χ1v) is 7.94. The minimum absolute atomic E-state index is 0.106. The van der Waals surface area contributed by atoms with Crippen molar-refractivity contribution in [1.29, 1.82) is 0 Å². The summed E-state index contributed by atoms with van der Waals surface area (Å²) < 4.78 is 1.90. The van der Waals surface area contributed by atoms with Gasteiger partial charge in [-0.25, -0.2) is 0 Å². The van der Waals surface area contributed by atoms with Crippen LogP contribution in [0.1, 0.15) is 59.2 Å². The van der Waals surface area contributed by atoms with E-state index in [0.717, 1.165) is 32.5 Å². The lowest BCUT2D eigenvalue weighted by molar-refractivity contribution is 0.0464. The van der Waals surface area contributed by atoms with E-state index in [1.54, 1.807) is 0 Å². The zero-order valence-corrected chi connectivity index (χ0v) is 14.0. The number of likely N-dealkylation sites (N-methyl/N-ethyl adjacent to an activating group) is 2. The van der Waals surface area contributed by atoms with Gasteiger partial charge in [0.25, 0.3) is 0 Å². The molecule has 0 saturated heterocycles.